The number of nitrogens with two attached hydrogens (primary N) is 1. The van der Waals surface area contributed by atoms with E-state index < -0.39 is 6.04 Å². The van der Waals surface area contributed by atoms with Crippen LogP contribution in [0.3, 0.4) is 0 Å². The number of ether oxygens (including phenoxy) is 1. The summed E-state index contributed by atoms with van der Waals surface area (Å²) in [7, 11) is 1.63. The number of hydrogen-bond donors (Lipinski definition) is 2. The molecule has 3 rings (SSSR count). The third-order valence-electron chi connectivity index (χ3n) is 3.39. The summed E-state index contributed by atoms with van der Waals surface area (Å²) in [5, 5.41) is 7.69. The minimum atomic E-state index is -0.394. The zero-order valence-electron chi connectivity index (χ0n) is 12.0. The van der Waals surface area contributed by atoms with Crippen LogP contribution < -0.4 is 10.5 Å². The molecule has 0 aliphatic rings. The molecular weight excluding hydrogens is 300 g/mol. The van der Waals surface area contributed by atoms with Crippen LogP contribution in [0, 0.1) is 0 Å². The number of benzene rings is 2. The number of methoxy groups -OCH3 is 1. The van der Waals surface area contributed by atoms with Crippen molar-refractivity contribution in [2.24, 2.45) is 5.73 Å². The van der Waals surface area contributed by atoms with E-state index in [1.807, 2.05) is 42.5 Å². The lowest BCUT2D eigenvalue weighted by Gasteiger charge is -2.09. The number of nitrogens with one attached hydrogen (secondary N) is 1. The predicted molar refractivity (Wildman–Crippen MR) is 85.9 cm³/mol. The zero-order chi connectivity index (χ0) is 15.5. The van der Waals surface area contributed by atoms with E-state index in [9.17, 15) is 0 Å². The summed E-state index contributed by atoms with van der Waals surface area (Å²) in [6.07, 6.45) is 0. The highest BCUT2D eigenvalue weighted by Gasteiger charge is 2.16. The van der Waals surface area contributed by atoms with Crippen LogP contribution in [0.5, 0.6) is 5.75 Å². The summed E-state index contributed by atoms with van der Waals surface area (Å²) in [5.41, 5.74) is 7.92. The average Bonchev–Trinajstić information content (AvgIpc) is 3.04. The number of halogens is 1. The Kier molecular flexibility index (Phi) is 4.09. The van der Waals surface area contributed by atoms with Crippen molar-refractivity contribution >= 4 is 11.6 Å². The molecule has 1 unspecified atom stereocenters. The number of nitrogens with zero attached hydrogens (tertiary/aromatic N) is 2. The predicted octanol–water partition coefficient (Wildman–Crippen LogP) is 3.18. The van der Waals surface area contributed by atoms with Crippen LogP contribution in [0.4, 0.5) is 0 Å². The van der Waals surface area contributed by atoms with Gasteiger partial charge in [0.05, 0.1) is 18.2 Å². The Morgan fingerprint density at radius 2 is 1.86 bits per heavy atom. The fraction of sp³-hybridized carbons (Fsp3) is 0.125. The van der Waals surface area contributed by atoms with Gasteiger partial charge in [0, 0.05) is 5.56 Å². The van der Waals surface area contributed by atoms with Crippen LogP contribution in [0.1, 0.15) is 17.4 Å². The minimum absolute atomic E-state index is 0.394. The first-order valence-corrected chi connectivity index (χ1v) is 7.13. The van der Waals surface area contributed by atoms with Gasteiger partial charge >= 0.3 is 0 Å². The molecule has 0 saturated carbocycles. The van der Waals surface area contributed by atoms with Crippen molar-refractivity contribution in [2.75, 3.05) is 7.11 Å². The monoisotopic (exact) mass is 314 g/mol. The standard InChI is InChI=1S/C16H15ClN4O/c1-22-11-8-6-10(7-9-11)14(18)16-19-15(20-21-16)12-4-2-3-5-13(12)17/h2-9,14H,18H2,1H3,(H,19,20,21). The average molecular weight is 315 g/mol. The van der Waals surface area contributed by atoms with Crippen molar-refractivity contribution < 1.29 is 4.74 Å². The van der Waals surface area contributed by atoms with E-state index in [0.717, 1.165) is 16.9 Å². The molecule has 0 amide bonds. The fourth-order valence-corrected chi connectivity index (χ4v) is 2.37. The molecule has 0 aliphatic heterocycles. The Labute approximate surface area is 133 Å². The van der Waals surface area contributed by atoms with Gasteiger partial charge in [0.25, 0.3) is 0 Å². The Morgan fingerprint density at radius 1 is 1.14 bits per heavy atom. The Balaban J connectivity index is 1.88. The Bertz CT molecular complexity index is 770. The van der Waals surface area contributed by atoms with E-state index in [0.29, 0.717) is 16.7 Å². The largest absolute Gasteiger partial charge is 0.497 e. The van der Waals surface area contributed by atoms with Crippen LogP contribution in [0.2, 0.25) is 5.02 Å². The molecule has 2 aromatic carbocycles. The molecule has 0 saturated heterocycles. The van der Waals surface area contributed by atoms with E-state index in [4.69, 9.17) is 22.1 Å². The SMILES string of the molecule is COc1ccc(C(N)c2nc(-c3ccccc3Cl)n[nH]2)cc1. The lowest BCUT2D eigenvalue weighted by Crippen LogP contribution is -2.13. The van der Waals surface area contributed by atoms with Crippen molar-refractivity contribution in [1.82, 2.24) is 15.2 Å². The molecule has 1 heterocycles. The highest BCUT2D eigenvalue weighted by atomic mass is 35.5. The fourth-order valence-electron chi connectivity index (χ4n) is 2.15. The second kappa shape index (κ2) is 6.17. The molecule has 0 radical (unpaired) electrons. The van der Waals surface area contributed by atoms with Gasteiger partial charge in [-0.1, -0.05) is 35.9 Å². The molecule has 6 heteroatoms. The summed E-state index contributed by atoms with van der Waals surface area (Å²) >= 11 is 6.16. The first-order chi connectivity index (χ1) is 10.7. The second-order valence-corrected chi connectivity index (χ2v) is 5.18. The van der Waals surface area contributed by atoms with Gasteiger partial charge in [-0.3, -0.25) is 5.10 Å². The van der Waals surface area contributed by atoms with Gasteiger partial charge < -0.3 is 10.5 Å². The van der Waals surface area contributed by atoms with Crippen molar-refractivity contribution in [1.29, 1.82) is 0 Å². The van der Waals surface area contributed by atoms with Gasteiger partial charge in [-0.15, -0.1) is 0 Å². The number of H-pyrrole nitrogens is 1. The van der Waals surface area contributed by atoms with Crippen LogP contribution in [-0.2, 0) is 0 Å². The van der Waals surface area contributed by atoms with Crippen molar-refractivity contribution in [3.05, 3.63) is 64.9 Å². The molecule has 0 aliphatic carbocycles. The normalized spacial score (nSPS) is 12.1. The van der Waals surface area contributed by atoms with Crippen molar-refractivity contribution in [3.63, 3.8) is 0 Å². The molecule has 112 valence electrons. The molecule has 1 aromatic heterocycles. The highest BCUT2D eigenvalue weighted by molar-refractivity contribution is 6.33. The number of rotatable bonds is 4. The maximum absolute atomic E-state index is 6.23. The lowest BCUT2D eigenvalue weighted by atomic mass is 10.1. The highest BCUT2D eigenvalue weighted by Crippen LogP contribution is 2.26. The van der Waals surface area contributed by atoms with E-state index >= 15 is 0 Å². The number of aromatic amines is 1. The molecule has 0 bridgehead atoms. The van der Waals surface area contributed by atoms with Crippen LogP contribution >= 0.6 is 11.6 Å². The van der Waals surface area contributed by atoms with E-state index in [-0.39, 0.29) is 0 Å². The Hall–Kier alpha value is -2.37. The van der Waals surface area contributed by atoms with E-state index in [2.05, 4.69) is 15.2 Å². The maximum Gasteiger partial charge on any atom is 0.182 e. The molecule has 5 nitrogen and oxygen atoms in total. The number of aromatic nitrogens is 3. The third kappa shape index (κ3) is 2.81. The van der Waals surface area contributed by atoms with Crippen molar-refractivity contribution in [3.8, 4) is 17.1 Å². The zero-order valence-corrected chi connectivity index (χ0v) is 12.7. The van der Waals surface area contributed by atoms with Gasteiger partial charge in [-0.2, -0.15) is 5.10 Å². The lowest BCUT2D eigenvalue weighted by molar-refractivity contribution is 0.414. The molecule has 0 fully saturated rings. The molecule has 0 spiro atoms. The molecule has 1 atom stereocenters. The van der Waals surface area contributed by atoms with E-state index in [1.165, 1.54) is 0 Å². The van der Waals surface area contributed by atoms with Gasteiger partial charge in [-0.25, -0.2) is 4.98 Å². The second-order valence-electron chi connectivity index (χ2n) is 4.77. The molecule has 3 aromatic rings. The van der Waals surface area contributed by atoms with Crippen LogP contribution in [-0.4, -0.2) is 22.3 Å². The molecular formula is C16H15ClN4O. The summed E-state index contributed by atoms with van der Waals surface area (Å²) in [6.45, 7) is 0. The third-order valence-corrected chi connectivity index (χ3v) is 3.72. The minimum Gasteiger partial charge on any atom is -0.497 e. The van der Waals surface area contributed by atoms with Crippen LogP contribution in [0.25, 0.3) is 11.4 Å². The van der Waals surface area contributed by atoms with E-state index in [1.54, 1.807) is 13.2 Å². The van der Waals surface area contributed by atoms with Gasteiger partial charge in [0.2, 0.25) is 0 Å². The Morgan fingerprint density at radius 3 is 2.55 bits per heavy atom. The van der Waals surface area contributed by atoms with Gasteiger partial charge in [0.15, 0.2) is 5.82 Å². The maximum atomic E-state index is 6.23. The number of hydrogen-bond acceptors (Lipinski definition) is 4. The van der Waals surface area contributed by atoms with Gasteiger partial charge in [-0.05, 0) is 29.8 Å². The smallest absolute Gasteiger partial charge is 0.182 e. The summed E-state index contributed by atoms with van der Waals surface area (Å²) < 4.78 is 5.14. The molecule has 3 N–H and O–H groups in total. The summed E-state index contributed by atoms with van der Waals surface area (Å²) in [4.78, 5) is 4.45. The first kappa shape index (κ1) is 14.6. The van der Waals surface area contributed by atoms with Gasteiger partial charge in [0.1, 0.15) is 11.6 Å². The summed E-state index contributed by atoms with van der Waals surface area (Å²) in [6, 6.07) is 14.6. The first-order valence-electron chi connectivity index (χ1n) is 6.76. The van der Waals surface area contributed by atoms with Crippen LogP contribution in [0.15, 0.2) is 48.5 Å². The molecule has 22 heavy (non-hydrogen) atoms. The quantitative estimate of drug-likeness (QED) is 0.775. The van der Waals surface area contributed by atoms with Crippen molar-refractivity contribution in [2.45, 2.75) is 6.04 Å². The summed E-state index contributed by atoms with van der Waals surface area (Å²) in [5.74, 6) is 1.90. The topological polar surface area (TPSA) is 76.8 Å².